The van der Waals surface area contributed by atoms with Gasteiger partial charge in [0.25, 0.3) is 0 Å². The predicted molar refractivity (Wildman–Crippen MR) is 60.0 cm³/mol. The van der Waals surface area contributed by atoms with E-state index in [2.05, 4.69) is 0 Å². The Morgan fingerprint density at radius 2 is 0.444 bits per heavy atom. The molecule has 5 heteroatoms. The first-order valence-electron chi connectivity index (χ1n) is 0. The van der Waals surface area contributed by atoms with Crippen LogP contribution in [0.5, 0.6) is 0 Å². The Hall–Kier alpha value is 1.90. The van der Waals surface area contributed by atoms with Gasteiger partial charge in [-0.05, 0) is 21.9 Å². The zero-order valence-electron chi connectivity index (χ0n) is 7.32. The van der Waals surface area contributed by atoms with E-state index in [1.54, 1.807) is 0 Å². The summed E-state index contributed by atoms with van der Waals surface area (Å²) < 4.78 is 0. The van der Waals surface area contributed by atoms with Crippen LogP contribution in [-0.2, 0) is 26.2 Å². The summed E-state index contributed by atoms with van der Waals surface area (Å²) in [6, 6.07) is 0. The second kappa shape index (κ2) is 218. The fourth-order valence-corrected chi connectivity index (χ4v) is 0. The first-order chi connectivity index (χ1) is 0. The molecular formula is C4H20Cl2Si2Zr. The fraction of sp³-hybridized carbons (Fsp3) is 0. The third-order valence-corrected chi connectivity index (χ3v) is 0. The Kier molecular flexibility index (Phi) is 7180. The van der Waals surface area contributed by atoms with E-state index in [9.17, 15) is 0 Å². The van der Waals surface area contributed by atoms with Gasteiger partial charge in [0.2, 0.25) is 0 Å². The molecule has 0 heterocycles. The first kappa shape index (κ1) is 297. The van der Waals surface area contributed by atoms with E-state index < -0.39 is 0 Å². The van der Waals surface area contributed by atoms with Gasteiger partial charge in [0.1, 0.15) is 0 Å². The van der Waals surface area contributed by atoms with Crippen molar-refractivity contribution in [2.45, 2.75) is 0 Å². The van der Waals surface area contributed by atoms with Crippen LogP contribution < -0.4 is 0 Å². The van der Waals surface area contributed by atoms with Gasteiger partial charge in [0.15, 0.2) is 0 Å². The second-order valence-corrected chi connectivity index (χ2v) is 0. The van der Waals surface area contributed by atoms with Gasteiger partial charge in [-0.25, -0.2) is 0 Å². The van der Waals surface area contributed by atoms with E-state index in [0.717, 1.165) is 0 Å². The zero-order chi connectivity index (χ0) is 0. The van der Waals surface area contributed by atoms with Crippen molar-refractivity contribution in [3.63, 3.8) is 0 Å². The summed E-state index contributed by atoms with van der Waals surface area (Å²) in [7, 11) is 0. The minimum Gasteiger partial charge on any atom is -0.358 e. The van der Waals surface area contributed by atoms with Crippen molar-refractivity contribution < 1.29 is 26.2 Å². The molecule has 0 spiro atoms. The van der Waals surface area contributed by atoms with Crippen LogP contribution in [0.1, 0.15) is 0 Å². The molecule has 0 unspecified atom stereocenters. The van der Waals surface area contributed by atoms with Crippen molar-refractivity contribution in [2.75, 3.05) is 0 Å². The van der Waals surface area contributed by atoms with Gasteiger partial charge >= 0.3 is 26.2 Å². The molecule has 0 aliphatic rings. The Morgan fingerprint density at radius 3 is 0.444 bits per heavy atom. The summed E-state index contributed by atoms with van der Waals surface area (Å²) in [5, 5.41) is 0. The van der Waals surface area contributed by atoms with E-state index in [-0.39, 0.29) is 103 Å². The molecule has 62 valence electrons. The van der Waals surface area contributed by atoms with Gasteiger partial charge in [0.05, 0.1) is 0 Å². The molecule has 0 atom stereocenters. The third kappa shape index (κ3) is 172. The van der Waals surface area contributed by atoms with E-state index >= 15 is 0 Å². The maximum Gasteiger partial charge on any atom is 4.00 e. The number of hydrogen-bond acceptors (Lipinski definition) is 0. The third-order valence-electron chi connectivity index (χ3n) is 0. The molecule has 0 N–H and O–H groups in total. The van der Waals surface area contributed by atoms with E-state index in [1.807, 2.05) is 0 Å². The van der Waals surface area contributed by atoms with Crippen LogP contribution in [-0.4, -0.2) is 21.9 Å². The summed E-state index contributed by atoms with van der Waals surface area (Å²) in [6.07, 6.45) is 0. The predicted octanol–water partition coefficient (Wildman–Crippen LogP) is 0.274. The Labute approximate surface area is 102 Å². The molecule has 0 aliphatic carbocycles. The summed E-state index contributed by atoms with van der Waals surface area (Å²) in [6.45, 7) is 0. The molecule has 0 saturated carbocycles. The minimum atomic E-state index is 0. The van der Waals surface area contributed by atoms with Crippen molar-refractivity contribution in [3.05, 3.63) is 29.7 Å². The van der Waals surface area contributed by atoms with Crippen LogP contribution in [0.15, 0.2) is 0 Å². The maximum absolute atomic E-state index is 0. The molecule has 0 bridgehead atoms. The van der Waals surface area contributed by atoms with Gasteiger partial charge in [-0.1, -0.05) is 0 Å². The van der Waals surface area contributed by atoms with Crippen LogP contribution in [0.2, 0.25) is 0 Å². The van der Waals surface area contributed by atoms with Crippen LogP contribution in [0.3, 0.4) is 0 Å². The summed E-state index contributed by atoms with van der Waals surface area (Å²) in [4.78, 5) is 0. The topological polar surface area (TPSA) is 0 Å². The van der Waals surface area contributed by atoms with Crippen LogP contribution in [0.25, 0.3) is 0 Å². The molecule has 0 nitrogen and oxygen atoms in total. The molecule has 0 rings (SSSR count). The molecule has 0 aromatic carbocycles. The molecule has 0 aromatic heterocycles. The van der Waals surface area contributed by atoms with Crippen LogP contribution >= 0.6 is 24.8 Å². The normalized spacial score (nSPS) is 0. The monoisotopic (exact) mass is 284 g/mol. The second-order valence-electron chi connectivity index (χ2n) is 0. The Morgan fingerprint density at radius 1 is 0.444 bits per heavy atom. The number of hydrogen-bond donors (Lipinski definition) is 0. The fourth-order valence-electron chi connectivity index (χ4n) is 0. The molecule has 0 aliphatic heterocycles. The SMILES string of the molecule is Cl.Cl.[CH3-].[CH3-].[CH3-].[CH3-].[SiH3].[SiH3].[Zr+4]. The van der Waals surface area contributed by atoms with E-state index in [0.29, 0.717) is 0 Å². The zero-order valence-corrected chi connectivity index (χ0v) is 15.4. The van der Waals surface area contributed by atoms with Gasteiger partial charge < -0.3 is 29.7 Å². The summed E-state index contributed by atoms with van der Waals surface area (Å²) in [5.74, 6) is 0. The summed E-state index contributed by atoms with van der Waals surface area (Å²) in [5.41, 5.74) is 0. The maximum atomic E-state index is 0. The van der Waals surface area contributed by atoms with Gasteiger partial charge in [0, 0.05) is 0 Å². The van der Waals surface area contributed by atoms with Crippen molar-refractivity contribution >= 4 is 46.7 Å². The quantitative estimate of drug-likeness (QED) is 0.443. The van der Waals surface area contributed by atoms with Gasteiger partial charge in [-0.15, -0.1) is 24.8 Å². The Bertz CT molecular complexity index is 16.5. The van der Waals surface area contributed by atoms with E-state index in [4.69, 9.17) is 0 Å². The molecule has 0 fully saturated rings. The van der Waals surface area contributed by atoms with Crippen molar-refractivity contribution in [3.8, 4) is 0 Å². The molecule has 0 aromatic rings. The number of rotatable bonds is 0. The van der Waals surface area contributed by atoms with Crippen LogP contribution in [0.4, 0.5) is 0 Å². The van der Waals surface area contributed by atoms with Crippen molar-refractivity contribution in [1.29, 1.82) is 0 Å². The Balaban J connectivity index is 0. The van der Waals surface area contributed by atoms with Crippen molar-refractivity contribution in [1.82, 2.24) is 0 Å². The van der Waals surface area contributed by atoms with Crippen LogP contribution in [0, 0.1) is 29.7 Å². The molecular weight excluding hydrogens is 266 g/mol. The molecule has 0 saturated heterocycles. The smallest absolute Gasteiger partial charge is 0.358 e. The van der Waals surface area contributed by atoms with Gasteiger partial charge in [-0.3, -0.25) is 0 Å². The van der Waals surface area contributed by atoms with Crippen molar-refractivity contribution in [2.24, 2.45) is 0 Å². The molecule has 2 radical (unpaired) electrons. The standard InChI is InChI=1S/4CH3.2ClH.2H3Si.Zr/h4*1H3;2*1H;2*1H3;/q4*-1;;;;;+4. The molecule has 9 heavy (non-hydrogen) atoms. The average molecular weight is 287 g/mol. The molecule has 0 amide bonds. The van der Waals surface area contributed by atoms with Gasteiger partial charge in [-0.2, -0.15) is 0 Å². The minimum absolute atomic E-state index is 0. The largest absolute Gasteiger partial charge is 4.00 e. The average Bonchev–Trinajstić information content (AvgIpc) is 0. The first-order valence-corrected chi connectivity index (χ1v) is 0. The van der Waals surface area contributed by atoms with E-state index in [1.165, 1.54) is 0 Å². The number of halogens is 2. The summed E-state index contributed by atoms with van der Waals surface area (Å²) >= 11 is 0.